The van der Waals surface area contributed by atoms with Gasteiger partial charge in [0.2, 0.25) is 0 Å². The molecule has 1 heterocycles. The third kappa shape index (κ3) is 4.19. The lowest BCUT2D eigenvalue weighted by Crippen LogP contribution is -1.98. The zero-order valence-electron chi connectivity index (χ0n) is 14.6. The van der Waals surface area contributed by atoms with E-state index in [1.165, 1.54) is 0 Å². The highest BCUT2D eigenvalue weighted by atomic mass is 35.5. The Balaban J connectivity index is 0.00000243. The van der Waals surface area contributed by atoms with Gasteiger partial charge in [-0.3, -0.25) is 4.98 Å². The molecular weight excluding hydrogens is 354 g/mol. The van der Waals surface area contributed by atoms with Crippen LogP contribution in [0.1, 0.15) is 21.5 Å². The first-order valence-electron chi connectivity index (χ1n) is 7.85. The van der Waals surface area contributed by atoms with E-state index in [2.05, 4.69) is 17.1 Å². The number of aromatic carboxylic acids is 1. The number of methoxy groups -OCH3 is 2. The van der Waals surface area contributed by atoms with E-state index in [0.717, 1.165) is 33.2 Å². The van der Waals surface area contributed by atoms with Gasteiger partial charge in [-0.2, -0.15) is 0 Å². The number of nitrogens with zero attached hydrogens (tertiary/aromatic N) is 1. The number of hydrogen-bond acceptors (Lipinski definition) is 4. The summed E-state index contributed by atoms with van der Waals surface area (Å²) in [5.74, 6) is -0.937. The number of halogens is 1. The van der Waals surface area contributed by atoms with Crippen LogP contribution in [-0.4, -0.2) is 30.3 Å². The molecule has 1 aromatic heterocycles. The normalized spacial score (nSPS) is 10.5. The molecule has 0 fully saturated rings. The van der Waals surface area contributed by atoms with Crippen LogP contribution in [0, 0.1) is 0 Å². The predicted molar refractivity (Wildman–Crippen MR) is 103 cm³/mol. The minimum atomic E-state index is -0.937. The van der Waals surface area contributed by atoms with Gasteiger partial charge in [0.05, 0.1) is 24.5 Å². The van der Waals surface area contributed by atoms with Gasteiger partial charge in [-0.15, -0.1) is 12.4 Å². The van der Waals surface area contributed by atoms with Crippen LogP contribution in [0.4, 0.5) is 0 Å². The zero-order valence-corrected chi connectivity index (χ0v) is 15.4. The molecule has 1 N–H and O–H groups in total. The summed E-state index contributed by atoms with van der Waals surface area (Å²) in [6, 6.07) is 12.9. The summed E-state index contributed by atoms with van der Waals surface area (Å²) in [7, 11) is 3.34. The Morgan fingerprint density at radius 1 is 0.962 bits per heavy atom. The second-order valence-electron chi connectivity index (χ2n) is 5.79. The molecule has 6 heteroatoms. The summed E-state index contributed by atoms with van der Waals surface area (Å²) >= 11 is 0. The molecule has 0 aliphatic heterocycles. The fourth-order valence-corrected chi connectivity index (χ4v) is 2.81. The Morgan fingerprint density at radius 3 is 2.08 bits per heavy atom. The van der Waals surface area contributed by atoms with Gasteiger partial charge in [0.25, 0.3) is 0 Å². The Kier molecular flexibility index (Phi) is 6.69. The first-order chi connectivity index (χ1) is 12.1. The molecule has 26 heavy (non-hydrogen) atoms. The highest BCUT2D eigenvalue weighted by Gasteiger charge is 2.08. The van der Waals surface area contributed by atoms with E-state index in [4.69, 9.17) is 14.6 Å². The van der Waals surface area contributed by atoms with Crippen LogP contribution < -0.4 is 0 Å². The van der Waals surface area contributed by atoms with Crippen molar-refractivity contribution in [2.75, 3.05) is 14.2 Å². The van der Waals surface area contributed by atoms with E-state index in [0.29, 0.717) is 13.2 Å². The van der Waals surface area contributed by atoms with Crippen molar-refractivity contribution >= 4 is 29.1 Å². The minimum absolute atomic E-state index is 0. The summed E-state index contributed by atoms with van der Waals surface area (Å²) in [6.45, 7) is 1.03. The fraction of sp³-hybridized carbons (Fsp3) is 0.200. The highest BCUT2D eigenvalue weighted by molar-refractivity contribution is 5.89. The van der Waals surface area contributed by atoms with E-state index in [1.54, 1.807) is 38.5 Å². The number of benzene rings is 2. The van der Waals surface area contributed by atoms with E-state index in [1.807, 2.05) is 12.3 Å². The summed E-state index contributed by atoms with van der Waals surface area (Å²) in [5.41, 5.74) is 4.09. The van der Waals surface area contributed by atoms with Gasteiger partial charge in [0.15, 0.2) is 0 Å². The molecule has 136 valence electrons. The lowest BCUT2D eigenvalue weighted by molar-refractivity contribution is 0.0697. The first kappa shape index (κ1) is 19.8. The second kappa shape index (κ2) is 8.76. The Morgan fingerprint density at radius 2 is 1.54 bits per heavy atom. The maximum absolute atomic E-state index is 11.0. The monoisotopic (exact) mass is 373 g/mol. The molecular formula is C20H20ClNO4. The van der Waals surface area contributed by atoms with Gasteiger partial charge in [-0.25, -0.2) is 4.79 Å². The zero-order chi connectivity index (χ0) is 17.8. The average molecular weight is 374 g/mol. The van der Waals surface area contributed by atoms with Crippen molar-refractivity contribution in [2.45, 2.75) is 13.2 Å². The van der Waals surface area contributed by atoms with Crippen molar-refractivity contribution in [1.82, 2.24) is 4.98 Å². The standard InChI is InChI=1S/C20H19NO4.ClH/c1-24-11-17-7-15-9-19(13-3-5-14(6-4-13)20(22)23)21-10-16(15)8-18(17)12-25-2;/h3-10H,11-12H2,1-2H3,(H,22,23);1H. The topological polar surface area (TPSA) is 68.7 Å². The summed E-state index contributed by atoms with van der Waals surface area (Å²) in [5, 5.41) is 11.1. The predicted octanol–water partition coefficient (Wildman–Crippen LogP) is 4.31. The van der Waals surface area contributed by atoms with E-state index < -0.39 is 5.97 Å². The largest absolute Gasteiger partial charge is 0.478 e. The molecule has 0 radical (unpaired) electrons. The molecule has 3 aromatic rings. The molecule has 5 nitrogen and oxygen atoms in total. The molecule has 0 bridgehead atoms. The Labute approximate surface area is 158 Å². The quantitative estimate of drug-likeness (QED) is 0.697. The Bertz CT molecular complexity index is 910. The molecule has 0 spiro atoms. The molecule has 0 atom stereocenters. The average Bonchev–Trinajstić information content (AvgIpc) is 2.62. The van der Waals surface area contributed by atoms with E-state index in [9.17, 15) is 4.79 Å². The maximum Gasteiger partial charge on any atom is 0.335 e. The van der Waals surface area contributed by atoms with Crippen LogP contribution in [0.25, 0.3) is 22.0 Å². The number of carboxylic acid groups (broad SMARTS) is 1. The van der Waals surface area contributed by atoms with E-state index in [-0.39, 0.29) is 18.0 Å². The van der Waals surface area contributed by atoms with Gasteiger partial charge in [-0.1, -0.05) is 12.1 Å². The van der Waals surface area contributed by atoms with Crippen LogP contribution in [0.2, 0.25) is 0 Å². The van der Waals surface area contributed by atoms with Crippen molar-refractivity contribution in [1.29, 1.82) is 0 Å². The molecule has 0 amide bonds. The highest BCUT2D eigenvalue weighted by Crippen LogP contribution is 2.26. The summed E-state index contributed by atoms with van der Waals surface area (Å²) < 4.78 is 10.6. The maximum atomic E-state index is 11.0. The second-order valence-corrected chi connectivity index (χ2v) is 5.79. The number of hydrogen-bond donors (Lipinski definition) is 1. The molecule has 0 saturated carbocycles. The molecule has 0 saturated heterocycles. The van der Waals surface area contributed by atoms with Gasteiger partial charge in [0, 0.05) is 31.4 Å². The van der Waals surface area contributed by atoms with Crippen LogP contribution in [0.15, 0.2) is 48.7 Å². The van der Waals surface area contributed by atoms with Crippen molar-refractivity contribution in [3.8, 4) is 11.3 Å². The van der Waals surface area contributed by atoms with Gasteiger partial charge in [-0.05, 0) is 46.8 Å². The number of pyridine rings is 1. The lowest BCUT2D eigenvalue weighted by atomic mass is 10.0. The molecule has 2 aromatic carbocycles. The number of carbonyl (C=O) groups is 1. The summed E-state index contributed by atoms with van der Waals surface area (Å²) in [4.78, 5) is 15.5. The van der Waals surface area contributed by atoms with Crippen molar-refractivity contribution < 1.29 is 19.4 Å². The van der Waals surface area contributed by atoms with Gasteiger partial charge < -0.3 is 14.6 Å². The Hall–Kier alpha value is -2.47. The molecule has 0 aliphatic rings. The fourth-order valence-electron chi connectivity index (χ4n) is 2.81. The SMILES string of the molecule is COCc1cc2cnc(-c3ccc(C(=O)O)cc3)cc2cc1COC.Cl. The smallest absolute Gasteiger partial charge is 0.335 e. The number of rotatable bonds is 6. The minimum Gasteiger partial charge on any atom is -0.478 e. The van der Waals surface area contributed by atoms with E-state index >= 15 is 0 Å². The van der Waals surface area contributed by atoms with Crippen LogP contribution in [0.3, 0.4) is 0 Å². The number of ether oxygens (including phenoxy) is 2. The van der Waals surface area contributed by atoms with Crippen molar-refractivity contribution in [3.63, 3.8) is 0 Å². The van der Waals surface area contributed by atoms with Crippen molar-refractivity contribution in [2.24, 2.45) is 0 Å². The first-order valence-corrected chi connectivity index (χ1v) is 7.85. The lowest BCUT2D eigenvalue weighted by Gasteiger charge is -2.11. The third-order valence-electron chi connectivity index (χ3n) is 4.07. The van der Waals surface area contributed by atoms with Crippen molar-refractivity contribution in [3.05, 3.63) is 65.4 Å². The van der Waals surface area contributed by atoms with Crippen LogP contribution in [-0.2, 0) is 22.7 Å². The molecule has 3 rings (SSSR count). The number of carboxylic acids is 1. The van der Waals surface area contributed by atoms with Crippen LogP contribution in [0.5, 0.6) is 0 Å². The third-order valence-corrected chi connectivity index (χ3v) is 4.07. The molecule has 0 aliphatic carbocycles. The number of aromatic nitrogens is 1. The van der Waals surface area contributed by atoms with Gasteiger partial charge >= 0.3 is 5.97 Å². The number of fused-ring (bicyclic) bond motifs is 1. The molecule has 0 unspecified atom stereocenters. The van der Waals surface area contributed by atoms with Crippen LogP contribution >= 0.6 is 12.4 Å². The van der Waals surface area contributed by atoms with Gasteiger partial charge in [0.1, 0.15) is 0 Å². The summed E-state index contributed by atoms with van der Waals surface area (Å²) in [6.07, 6.45) is 1.82.